The maximum Gasteiger partial charge on any atom is 0.299 e. The van der Waals surface area contributed by atoms with Crippen molar-refractivity contribution >= 4 is 34.5 Å². The number of ether oxygens (including phenoxy) is 2. The van der Waals surface area contributed by atoms with Crippen molar-refractivity contribution in [2.75, 3.05) is 26.3 Å². The lowest BCUT2D eigenvalue weighted by Crippen LogP contribution is -2.47. The van der Waals surface area contributed by atoms with Crippen LogP contribution in [0, 0.1) is 10.1 Å². The predicted molar refractivity (Wildman–Crippen MR) is 75.8 cm³/mol. The fraction of sp³-hybridized carbons (Fsp3) is 0.583. The van der Waals surface area contributed by atoms with Crippen LogP contribution in [-0.2, 0) is 9.47 Å². The maximum absolute atomic E-state index is 12.4. The van der Waals surface area contributed by atoms with E-state index in [9.17, 15) is 14.9 Å². The van der Waals surface area contributed by atoms with Crippen LogP contribution in [-0.4, -0.2) is 47.8 Å². The highest BCUT2D eigenvalue weighted by atomic mass is 35.5. The number of rotatable bonds is 2. The Labute approximate surface area is 129 Å². The van der Waals surface area contributed by atoms with E-state index in [1.165, 1.54) is 6.07 Å². The van der Waals surface area contributed by atoms with Gasteiger partial charge in [0.1, 0.15) is 4.88 Å². The Bertz CT molecular complexity index is 574. The number of carbonyl (C=O) groups excluding carboxylic acids is 1. The van der Waals surface area contributed by atoms with Crippen LogP contribution in [0.15, 0.2) is 6.07 Å². The van der Waals surface area contributed by atoms with Gasteiger partial charge in [-0.25, -0.2) is 0 Å². The van der Waals surface area contributed by atoms with Crippen molar-refractivity contribution in [1.82, 2.24) is 4.90 Å². The van der Waals surface area contributed by atoms with Gasteiger partial charge in [0.2, 0.25) is 0 Å². The molecule has 3 rings (SSSR count). The molecule has 1 spiro atoms. The number of amides is 1. The van der Waals surface area contributed by atoms with Gasteiger partial charge < -0.3 is 14.4 Å². The molecule has 3 heterocycles. The number of hydrogen-bond acceptors (Lipinski definition) is 6. The number of nitro groups is 1. The average Bonchev–Trinajstić information content (AvgIpc) is 3.06. The van der Waals surface area contributed by atoms with Crippen LogP contribution in [0.25, 0.3) is 0 Å². The summed E-state index contributed by atoms with van der Waals surface area (Å²) < 4.78 is 11.2. The fourth-order valence-corrected chi connectivity index (χ4v) is 3.77. The summed E-state index contributed by atoms with van der Waals surface area (Å²) in [6, 6.07) is 1.24. The third-order valence-corrected chi connectivity index (χ3v) is 5.03. The zero-order valence-electron chi connectivity index (χ0n) is 11.0. The monoisotopic (exact) mass is 332 g/mol. The molecule has 0 atom stereocenters. The number of thiophene rings is 1. The highest BCUT2D eigenvalue weighted by Gasteiger charge is 2.41. The molecule has 0 aromatic carbocycles. The van der Waals surface area contributed by atoms with E-state index in [0.29, 0.717) is 39.1 Å². The van der Waals surface area contributed by atoms with E-state index >= 15 is 0 Å². The number of piperidine rings is 1. The minimum atomic E-state index is -0.582. The first kappa shape index (κ1) is 14.7. The Morgan fingerprint density at radius 3 is 2.52 bits per heavy atom. The average molecular weight is 333 g/mol. The second-order valence-corrected chi connectivity index (χ2v) is 6.58. The molecule has 2 aliphatic rings. The number of hydrogen-bond donors (Lipinski definition) is 0. The van der Waals surface area contributed by atoms with Gasteiger partial charge in [0.05, 0.1) is 18.1 Å². The molecular weight excluding hydrogens is 320 g/mol. The van der Waals surface area contributed by atoms with Gasteiger partial charge in [0.15, 0.2) is 10.1 Å². The first-order valence-corrected chi connectivity index (χ1v) is 7.71. The van der Waals surface area contributed by atoms with Crippen molar-refractivity contribution in [2.24, 2.45) is 0 Å². The highest BCUT2D eigenvalue weighted by Crippen LogP contribution is 2.36. The summed E-state index contributed by atoms with van der Waals surface area (Å²) in [7, 11) is 0. The van der Waals surface area contributed by atoms with Gasteiger partial charge in [-0.2, -0.15) is 0 Å². The van der Waals surface area contributed by atoms with E-state index in [2.05, 4.69) is 0 Å². The van der Waals surface area contributed by atoms with Crippen molar-refractivity contribution < 1.29 is 19.2 Å². The standard InChI is InChI=1S/C12H13ClN2O5S/c13-10-8(15(17)18)7-9(21-10)11(16)14-3-1-12(2-4-14)19-5-6-20-12/h7H,1-6H2. The summed E-state index contributed by atoms with van der Waals surface area (Å²) in [4.78, 5) is 24.5. The minimum absolute atomic E-state index is 0.0271. The van der Waals surface area contributed by atoms with Crippen molar-refractivity contribution in [3.8, 4) is 0 Å². The van der Waals surface area contributed by atoms with Gasteiger partial charge in [0.25, 0.3) is 11.6 Å². The van der Waals surface area contributed by atoms with Crippen molar-refractivity contribution in [2.45, 2.75) is 18.6 Å². The van der Waals surface area contributed by atoms with E-state index in [-0.39, 0.29) is 20.8 Å². The normalized spacial score (nSPS) is 20.9. The molecular formula is C12H13ClN2O5S. The van der Waals surface area contributed by atoms with Crippen LogP contribution in [0.5, 0.6) is 0 Å². The quantitative estimate of drug-likeness (QED) is 0.613. The predicted octanol–water partition coefficient (Wildman–Crippen LogP) is 2.29. The molecule has 0 saturated carbocycles. The van der Waals surface area contributed by atoms with Crippen molar-refractivity contribution in [3.05, 3.63) is 25.4 Å². The summed E-state index contributed by atoms with van der Waals surface area (Å²) in [5.41, 5.74) is -0.221. The molecule has 2 aliphatic heterocycles. The molecule has 9 heteroatoms. The number of halogens is 1. The fourth-order valence-electron chi connectivity index (χ4n) is 2.58. The molecule has 0 radical (unpaired) electrons. The number of carbonyl (C=O) groups is 1. The van der Waals surface area contributed by atoms with Crippen LogP contribution >= 0.6 is 22.9 Å². The molecule has 1 aromatic rings. The molecule has 114 valence electrons. The van der Waals surface area contributed by atoms with E-state index in [0.717, 1.165) is 11.3 Å². The molecule has 0 aliphatic carbocycles. The zero-order valence-corrected chi connectivity index (χ0v) is 12.6. The molecule has 0 unspecified atom stereocenters. The molecule has 7 nitrogen and oxygen atoms in total. The molecule has 2 saturated heterocycles. The smallest absolute Gasteiger partial charge is 0.299 e. The van der Waals surface area contributed by atoms with Gasteiger partial charge in [0, 0.05) is 32.0 Å². The molecule has 1 amide bonds. The van der Waals surface area contributed by atoms with Gasteiger partial charge in [-0.05, 0) is 0 Å². The third-order valence-electron chi connectivity index (χ3n) is 3.70. The second kappa shape index (κ2) is 5.53. The van der Waals surface area contributed by atoms with Crippen LogP contribution in [0.4, 0.5) is 5.69 Å². The second-order valence-electron chi connectivity index (χ2n) is 4.93. The van der Waals surface area contributed by atoms with Gasteiger partial charge in [-0.1, -0.05) is 11.6 Å². The summed E-state index contributed by atoms with van der Waals surface area (Å²) in [5, 5.41) is 10.8. The van der Waals surface area contributed by atoms with Crippen molar-refractivity contribution in [1.29, 1.82) is 0 Å². The molecule has 21 heavy (non-hydrogen) atoms. The number of nitrogens with zero attached hydrogens (tertiary/aromatic N) is 2. The third kappa shape index (κ3) is 2.76. The largest absolute Gasteiger partial charge is 0.347 e. The van der Waals surface area contributed by atoms with Gasteiger partial charge >= 0.3 is 0 Å². The molecule has 0 bridgehead atoms. The van der Waals surface area contributed by atoms with Crippen LogP contribution in [0.3, 0.4) is 0 Å². The lowest BCUT2D eigenvalue weighted by molar-refractivity contribution is -0.384. The van der Waals surface area contributed by atoms with E-state index < -0.39 is 10.7 Å². The van der Waals surface area contributed by atoms with Gasteiger partial charge in [-0.3, -0.25) is 14.9 Å². The summed E-state index contributed by atoms with van der Waals surface area (Å²) >= 11 is 6.73. The molecule has 0 N–H and O–H groups in total. The first-order chi connectivity index (χ1) is 10.0. The topological polar surface area (TPSA) is 81.9 Å². The Kier molecular flexibility index (Phi) is 3.87. The zero-order chi connectivity index (χ0) is 15.0. The van der Waals surface area contributed by atoms with E-state index in [1.54, 1.807) is 4.90 Å². The Balaban J connectivity index is 1.69. The van der Waals surface area contributed by atoms with Crippen LogP contribution in [0.2, 0.25) is 4.34 Å². The highest BCUT2D eigenvalue weighted by molar-refractivity contribution is 7.18. The lowest BCUT2D eigenvalue weighted by Gasteiger charge is -2.37. The summed E-state index contributed by atoms with van der Waals surface area (Å²) in [6.45, 7) is 2.17. The SMILES string of the molecule is O=C(c1cc([N+](=O)[O-])c(Cl)s1)N1CCC2(CC1)OCCO2. The summed E-state index contributed by atoms with van der Waals surface area (Å²) in [5.74, 6) is -0.779. The lowest BCUT2D eigenvalue weighted by atomic mass is 10.0. The maximum atomic E-state index is 12.4. The first-order valence-electron chi connectivity index (χ1n) is 6.52. The summed E-state index contributed by atoms with van der Waals surface area (Å²) in [6.07, 6.45) is 1.22. The number of likely N-dealkylation sites (tertiary alicyclic amines) is 1. The van der Waals surface area contributed by atoms with Crippen LogP contribution in [0.1, 0.15) is 22.5 Å². The van der Waals surface area contributed by atoms with E-state index in [4.69, 9.17) is 21.1 Å². The Morgan fingerprint density at radius 1 is 1.38 bits per heavy atom. The molecule has 1 aromatic heterocycles. The Hall–Kier alpha value is -1.22. The van der Waals surface area contributed by atoms with Crippen molar-refractivity contribution in [3.63, 3.8) is 0 Å². The molecule has 2 fully saturated rings. The van der Waals surface area contributed by atoms with Crippen LogP contribution < -0.4 is 0 Å². The Morgan fingerprint density at radius 2 is 2.00 bits per heavy atom. The van der Waals surface area contributed by atoms with Gasteiger partial charge in [-0.15, -0.1) is 11.3 Å². The minimum Gasteiger partial charge on any atom is -0.347 e. The van der Waals surface area contributed by atoms with E-state index in [1.807, 2.05) is 0 Å².